The minimum absolute atomic E-state index is 0.0967. The molecule has 0 radical (unpaired) electrons. The number of nitrogens with one attached hydrogen (secondary N) is 1. The number of piperidine rings is 1. The molecule has 2 atom stereocenters. The molecule has 1 fully saturated rings. The molecule has 34 heavy (non-hydrogen) atoms. The number of sulfonamides is 1. The van der Waals surface area contributed by atoms with Gasteiger partial charge in [0.25, 0.3) is 0 Å². The van der Waals surface area contributed by atoms with Crippen LogP contribution < -0.4 is 19.3 Å². The summed E-state index contributed by atoms with van der Waals surface area (Å²) in [6.07, 6.45) is 4.34. The summed E-state index contributed by atoms with van der Waals surface area (Å²) in [7, 11) is -1.94. The van der Waals surface area contributed by atoms with Crippen LogP contribution >= 0.6 is 0 Å². The Morgan fingerprint density at radius 3 is 2.62 bits per heavy atom. The molecule has 0 spiro atoms. The number of nitrogens with zero attached hydrogens (tertiary/aromatic N) is 2. The maximum atomic E-state index is 12.5. The average molecular weight is 488 g/mol. The summed E-state index contributed by atoms with van der Waals surface area (Å²) in [5.74, 6) is 1.20. The summed E-state index contributed by atoms with van der Waals surface area (Å²) in [5, 5.41) is 3.03. The van der Waals surface area contributed by atoms with Gasteiger partial charge in [0.2, 0.25) is 15.9 Å². The molecule has 186 valence electrons. The summed E-state index contributed by atoms with van der Waals surface area (Å²) in [6.45, 7) is 6.66. The molecule has 0 bridgehead atoms. The van der Waals surface area contributed by atoms with Gasteiger partial charge in [-0.2, -0.15) is 0 Å². The Balaban J connectivity index is 1.52. The second-order valence-corrected chi connectivity index (χ2v) is 11.1. The van der Waals surface area contributed by atoms with Gasteiger partial charge in [-0.05, 0) is 61.9 Å². The predicted molar refractivity (Wildman–Crippen MR) is 138 cm³/mol. The monoisotopic (exact) mass is 487 g/mol. The molecule has 1 aliphatic rings. The zero-order valence-electron chi connectivity index (χ0n) is 20.7. The van der Waals surface area contributed by atoms with Crippen molar-refractivity contribution < 1.29 is 17.9 Å². The molecule has 2 aromatic rings. The van der Waals surface area contributed by atoms with Crippen molar-refractivity contribution >= 4 is 27.3 Å². The van der Waals surface area contributed by atoms with Crippen molar-refractivity contribution in [1.29, 1.82) is 0 Å². The van der Waals surface area contributed by atoms with Gasteiger partial charge in [0, 0.05) is 37.8 Å². The van der Waals surface area contributed by atoms with Crippen LogP contribution in [0.4, 0.5) is 11.4 Å². The van der Waals surface area contributed by atoms with Crippen molar-refractivity contribution in [3.8, 4) is 5.75 Å². The Labute approximate surface area is 204 Å². The predicted octanol–water partition coefficient (Wildman–Crippen LogP) is 4.36. The van der Waals surface area contributed by atoms with Crippen molar-refractivity contribution in [2.75, 3.05) is 42.2 Å². The van der Waals surface area contributed by atoms with E-state index in [9.17, 15) is 13.2 Å². The Bertz CT molecular complexity index is 1060. The number of carbonyl (C=O) groups excluding carboxylic acids is 1. The molecule has 8 heteroatoms. The number of hydrogen-bond acceptors (Lipinski definition) is 5. The molecule has 1 heterocycles. The highest BCUT2D eigenvalue weighted by Crippen LogP contribution is 2.25. The van der Waals surface area contributed by atoms with Crippen LogP contribution in [0.5, 0.6) is 5.75 Å². The third-order valence-corrected chi connectivity index (χ3v) is 7.49. The quantitative estimate of drug-likeness (QED) is 0.539. The van der Waals surface area contributed by atoms with Crippen molar-refractivity contribution in [3.63, 3.8) is 0 Å². The number of ether oxygens (including phenoxy) is 1. The molecule has 0 saturated carbocycles. The van der Waals surface area contributed by atoms with Crippen LogP contribution in [-0.2, 0) is 14.8 Å². The summed E-state index contributed by atoms with van der Waals surface area (Å²) in [6, 6.07) is 15.2. The fraction of sp³-hybridized carbons (Fsp3) is 0.500. The molecule has 1 N–H and O–H groups in total. The Morgan fingerprint density at radius 1 is 1.24 bits per heavy atom. The maximum Gasteiger partial charge on any atom is 0.232 e. The van der Waals surface area contributed by atoms with Crippen LogP contribution in [0.3, 0.4) is 0 Å². The summed E-state index contributed by atoms with van der Waals surface area (Å²) in [5.41, 5.74) is 2.81. The number of benzene rings is 2. The number of carbonyl (C=O) groups is 1. The Morgan fingerprint density at radius 2 is 1.97 bits per heavy atom. The molecule has 0 aromatic heterocycles. The van der Waals surface area contributed by atoms with Gasteiger partial charge in [-0.3, -0.25) is 9.10 Å². The first-order valence-corrected chi connectivity index (χ1v) is 13.8. The van der Waals surface area contributed by atoms with Crippen LogP contribution in [0.2, 0.25) is 0 Å². The topological polar surface area (TPSA) is 79.0 Å². The SMILES string of the molecule is COc1cccc(N(CCCC(=O)N[C@H](C)c2ccc(N3CCC[C@@H](C)C3)cc2)S(C)(=O)=O)c1. The van der Waals surface area contributed by atoms with Gasteiger partial charge < -0.3 is 15.0 Å². The minimum atomic E-state index is -3.48. The third kappa shape index (κ3) is 7.13. The van der Waals surface area contributed by atoms with Gasteiger partial charge in [-0.25, -0.2) is 8.42 Å². The van der Waals surface area contributed by atoms with Gasteiger partial charge in [-0.15, -0.1) is 0 Å². The van der Waals surface area contributed by atoms with Crippen molar-refractivity contribution in [3.05, 3.63) is 54.1 Å². The average Bonchev–Trinajstić information content (AvgIpc) is 2.81. The fourth-order valence-corrected chi connectivity index (χ4v) is 5.39. The van der Waals surface area contributed by atoms with E-state index in [-0.39, 0.29) is 24.9 Å². The minimum Gasteiger partial charge on any atom is -0.497 e. The lowest BCUT2D eigenvalue weighted by Crippen LogP contribution is -2.34. The van der Waals surface area contributed by atoms with E-state index in [4.69, 9.17) is 4.74 Å². The van der Waals surface area contributed by atoms with Crippen molar-refractivity contribution in [2.24, 2.45) is 5.92 Å². The molecule has 2 aromatic carbocycles. The Hall–Kier alpha value is -2.74. The van der Waals surface area contributed by atoms with E-state index in [1.165, 1.54) is 36.2 Å². The number of anilines is 2. The zero-order chi connectivity index (χ0) is 24.7. The summed E-state index contributed by atoms with van der Waals surface area (Å²) >= 11 is 0. The van der Waals surface area contributed by atoms with Crippen LogP contribution in [-0.4, -0.2) is 47.3 Å². The van der Waals surface area contributed by atoms with E-state index < -0.39 is 10.0 Å². The highest BCUT2D eigenvalue weighted by atomic mass is 32.2. The summed E-state index contributed by atoms with van der Waals surface area (Å²) in [4.78, 5) is 15.0. The maximum absolute atomic E-state index is 12.5. The normalized spacial score (nSPS) is 17.2. The van der Waals surface area contributed by atoms with Crippen LogP contribution in [0.1, 0.15) is 51.1 Å². The smallest absolute Gasteiger partial charge is 0.232 e. The lowest BCUT2D eigenvalue weighted by Gasteiger charge is -2.33. The molecule has 3 rings (SSSR count). The third-order valence-electron chi connectivity index (χ3n) is 6.30. The second kappa shape index (κ2) is 11.6. The number of hydrogen-bond donors (Lipinski definition) is 1. The first-order chi connectivity index (χ1) is 16.2. The molecular formula is C26H37N3O4S. The number of amides is 1. The van der Waals surface area contributed by atoms with E-state index in [0.29, 0.717) is 23.8 Å². The van der Waals surface area contributed by atoms with Crippen LogP contribution in [0, 0.1) is 5.92 Å². The van der Waals surface area contributed by atoms with Gasteiger partial charge in [0.15, 0.2) is 0 Å². The number of methoxy groups -OCH3 is 1. The van der Waals surface area contributed by atoms with Gasteiger partial charge in [0.1, 0.15) is 5.75 Å². The second-order valence-electron chi connectivity index (χ2n) is 9.21. The van der Waals surface area contributed by atoms with Crippen molar-refractivity contribution in [1.82, 2.24) is 5.32 Å². The largest absolute Gasteiger partial charge is 0.497 e. The Kier molecular flexibility index (Phi) is 8.83. The molecular weight excluding hydrogens is 450 g/mol. The van der Waals surface area contributed by atoms with Gasteiger partial charge >= 0.3 is 0 Å². The molecule has 0 aliphatic carbocycles. The lowest BCUT2D eigenvalue weighted by molar-refractivity contribution is -0.121. The van der Waals surface area contributed by atoms with E-state index in [1.807, 2.05) is 6.92 Å². The molecule has 1 aliphatic heterocycles. The van der Waals surface area contributed by atoms with E-state index >= 15 is 0 Å². The molecule has 1 saturated heterocycles. The van der Waals surface area contributed by atoms with Crippen LogP contribution in [0.25, 0.3) is 0 Å². The van der Waals surface area contributed by atoms with Crippen LogP contribution in [0.15, 0.2) is 48.5 Å². The van der Waals surface area contributed by atoms with E-state index in [0.717, 1.165) is 18.7 Å². The number of rotatable bonds is 10. The molecule has 7 nitrogen and oxygen atoms in total. The molecule has 0 unspecified atom stereocenters. The van der Waals surface area contributed by atoms with E-state index in [1.54, 1.807) is 24.3 Å². The highest BCUT2D eigenvalue weighted by Gasteiger charge is 2.19. The van der Waals surface area contributed by atoms with Gasteiger partial charge in [0.05, 0.1) is 25.1 Å². The highest BCUT2D eigenvalue weighted by molar-refractivity contribution is 7.92. The lowest BCUT2D eigenvalue weighted by atomic mass is 9.99. The first kappa shape index (κ1) is 25.9. The van der Waals surface area contributed by atoms with Gasteiger partial charge in [-0.1, -0.05) is 25.1 Å². The first-order valence-electron chi connectivity index (χ1n) is 11.9. The fourth-order valence-electron chi connectivity index (χ4n) is 4.43. The standard InChI is InChI=1S/C26H37N3O4S/c1-20-8-6-16-28(19-20)23-14-12-22(13-15-23)21(2)27-26(30)11-7-17-29(34(4,31)32)24-9-5-10-25(18-24)33-3/h5,9-10,12-15,18,20-21H,6-8,11,16-17,19H2,1-4H3,(H,27,30)/t20-,21-/m1/s1. The zero-order valence-corrected chi connectivity index (χ0v) is 21.5. The molecule has 1 amide bonds. The summed E-state index contributed by atoms with van der Waals surface area (Å²) < 4.78 is 31.1. The van der Waals surface area contributed by atoms with Crippen molar-refractivity contribution in [2.45, 2.75) is 45.6 Å². The van der Waals surface area contributed by atoms with E-state index in [2.05, 4.69) is 41.4 Å².